The van der Waals surface area contributed by atoms with Gasteiger partial charge < -0.3 is 20.3 Å². The van der Waals surface area contributed by atoms with E-state index in [-0.39, 0.29) is 6.61 Å². The molecule has 0 amide bonds. The van der Waals surface area contributed by atoms with Gasteiger partial charge in [-0.05, 0) is 23.3 Å². The van der Waals surface area contributed by atoms with E-state index in [9.17, 15) is 5.11 Å². The first kappa shape index (κ1) is 14.4. The molecule has 2 aromatic carbocycles. The summed E-state index contributed by atoms with van der Waals surface area (Å²) in [5.41, 5.74) is 7.39. The van der Waals surface area contributed by atoms with Crippen LogP contribution >= 0.6 is 0 Å². The molecule has 20 heavy (non-hydrogen) atoms. The Morgan fingerprint density at radius 3 is 2.50 bits per heavy atom. The Morgan fingerprint density at radius 1 is 1.10 bits per heavy atom. The van der Waals surface area contributed by atoms with Crippen molar-refractivity contribution in [2.45, 2.75) is 12.6 Å². The van der Waals surface area contributed by atoms with Gasteiger partial charge >= 0.3 is 0 Å². The molecule has 0 aliphatic carbocycles. The van der Waals surface area contributed by atoms with E-state index in [1.54, 1.807) is 7.11 Å². The fraction of sp³-hybridized carbons (Fsp3) is 0.250. The van der Waals surface area contributed by atoms with Gasteiger partial charge in [0.15, 0.2) is 11.5 Å². The number of rotatable bonds is 6. The highest BCUT2D eigenvalue weighted by molar-refractivity contribution is 5.43. The molecule has 0 aromatic heterocycles. The third-order valence-electron chi connectivity index (χ3n) is 3.04. The van der Waals surface area contributed by atoms with Gasteiger partial charge in [-0.25, -0.2) is 0 Å². The summed E-state index contributed by atoms with van der Waals surface area (Å²) in [5, 5.41) is 10.1. The predicted octanol–water partition coefficient (Wildman–Crippen LogP) is 2.27. The fourth-order valence-electron chi connectivity index (χ4n) is 1.90. The summed E-state index contributed by atoms with van der Waals surface area (Å²) >= 11 is 0. The smallest absolute Gasteiger partial charge is 0.161 e. The van der Waals surface area contributed by atoms with Crippen LogP contribution in [0.2, 0.25) is 0 Å². The van der Waals surface area contributed by atoms with Gasteiger partial charge in [0.25, 0.3) is 0 Å². The number of benzene rings is 2. The summed E-state index contributed by atoms with van der Waals surface area (Å²) in [6.07, 6.45) is -0.678. The van der Waals surface area contributed by atoms with E-state index < -0.39 is 6.10 Å². The van der Waals surface area contributed by atoms with Crippen LogP contribution < -0.4 is 15.2 Å². The number of methoxy groups -OCH3 is 1. The topological polar surface area (TPSA) is 64.7 Å². The van der Waals surface area contributed by atoms with Crippen molar-refractivity contribution < 1.29 is 14.6 Å². The van der Waals surface area contributed by atoms with Gasteiger partial charge in [0.1, 0.15) is 12.7 Å². The van der Waals surface area contributed by atoms with Crippen molar-refractivity contribution >= 4 is 0 Å². The van der Waals surface area contributed by atoms with Crippen molar-refractivity contribution in [2.75, 3.05) is 13.7 Å². The third kappa shape index (κ3) is 3.50. The van der Waals surface area contributed by atoms with Crippen molar-refractivity contribution in [3.8, 4) is 11.5 Å². The van der Waals surface area contributed by atoms with Crippen molar-refractivity contribution in [1.29, 1.82) is 0 Å². The number of hydrogen-bond acceptors (Lipinski definition) is 4. The van der Waals surface area contributed by atoms with Crippen molar-refractivity contribution in [1.82, 2.24) is 0 Å². The average Bonchev–Trinajstić information content (AvgIpc) is 2.53. The first-order valence-corrected chi connectivity index (χ1v) is 6.47. The lowest BCUT2D eigenvalue weighted by Gasteiger charge is -2.15. The molecule has 0 aliphatic rings. The second-order valence-corrected chi connectivity index (χ2v) is 4.43. The summed E-state index contributed by atoms with van der Waals surface area (Å²) in [6, 6.07) is 14.9. The fourth-order valence-corrected chi connectivity index (χ4v) is 1.90. The predicted molar refractivity (Wildman–Crippen MR) is 77.8 cm³/mol. The highest BCUT2D eigenvalue weighted by Crippen LogP contribution is 2.29. The standard InChI is InChI=1S/C16H19NO3/c1-19-15-8-7-12(10-17)9-16(15)20-11-14(18)13-5-3-2-4-6-13/h2-9,14,18H,10-11,17H2,1H3. The van der Waals surface area contributed by atoms with Gasteiger partial charge in [0, 0.05) is 6.54 Å². The average molecular weight is 273 g/mol. The van der Waals surface area contributed by atoms with Crippen molar-refractivity contribution in [3.63, 3.8) is 0 Å². The van der Waals surface area contributed by atoms with Crippen LogP contribution in [0.5, 0.6) is 11.5 Å². The highest BCUT2D eigenvalue weighted by Gasteiger charge is 2.11. The lowest BCUT2D eigenvalue weighted by atomic mass is 10.1. The third-order valence-corrected chi connectivity index (χ3v) is 3.04. The highest BCUT2D eigenvalue weighted by atomic mass is 16.5. The molecule has 3 N–H and O–H groups in total. The molecule has 4 heteroatoms. The Balaban J connectivity index is 2.06. The molecule has 1 atom stereocenters. The van der Waals surface area contributed by atoms with Crippen LogP contribution in [0, 0.1) is 0 Å². The number of ether oxygens (including phenoxy) is 2. The molecule has 0 aliphatic heterocycles. The first-order valence-electron chi connectivity index (χ1n) is 6.47. The van der Waals surface area contributed by atoms with Crippen LogP contribution in [-0.2, 0) is 6.54 Å². The molecule has 106 valence electrons. The molecule has 0 spiro atoms. The van der Waals surface area contributed by atoms with Crippen LogP contribution in [0.1, 0.15) is 17.2 Å². The van der Waals surface area contributed by atoms with Crippen LogP contribution in [0.4, 0.5) is 0 Å². The summed E-state index contributed by atoms with van der Waals surface area (Å²) in [5.74, 6) is 1.22. The first-order chi connectivity index (χ1) is 9.74. The maximum atomic E-state index is 10.1. The zero-order chi connectivity index (χ0) is 14.4. The summed E-state index contributed by atoms with van der Waals surface area (Å²) < 4.78 is 10.9. The second-order valence-electron chi connectivity index (χ2n) is 4.43. The van der Waals surface area contributed by atoms with Crippen molar-refractivity contribution in [3.05, 3.63) is 59.7 Å². The summed E-state index contributed by atoms with van der Waals surface area (Å²) in [7, 11) is 1.58. The van der Waals surface area contributed by atoms with Gasteiger partial charge in [0.05, 0.1) is 7.11 Å². The Labute approximate surface area is 118 Å². The summed E-state index contributed by atoms with van der Waals surface area (Å²) in [4.78, 5) is 0. The quantitative estimate of drug-likeness (QED) is 0.847. The number of aliphatic hydroxyl groups excluding tert-OH is 1. The molecule has 2 rings (SSSR count). The molecule has 0 radical (unpaired) electrons. The van der Waals surface area contributed by atoms with Gasteiger partial charge in [-0.1, -0.05) is 36.4 Å². The van der Waals surface area contributed by atoms with Crippen molar-refractivity contribution in [2.24, 2.45) is 5.73 Å². The van der Waals surface area contributed by atoms with E-state index >= 15 is 0 Å². The molecule has 1 unspecified atom stereocenters. The maximum absolute atomic E-state index is 10.1. The molecule has 0 bridgehead atoms. The minimum absolute atomic E-state index is 0.161. The molecule has 2 aromatic rings. The Hall–Kier alpha value is -2.04. The van der Waals surface area contributed by atoms with Gasteiger partial charge in [-0.2, -0.15) is 0 Å². The normalized spacial score (nSPS) is 11.9. The molecular formula is C16H19NO3. The Bertz CT molecular complexity index is 543. The van der Waals surface area contributed by atoms with Crippen LogP contribution in [0.15, 0.2) is 48.5 Å². The van der Waals surface area contributed by atoms with Gasteiger partial charge in [-0.15, -0.1) is 0 Å². The number of hydrogen-bond donors (Lipinski definition) is 2. The monoisotopic (exact) mass is 273 g/mol. The van der Waals surface area contributed by atoms with E-state index in [1.165, 1.54) is 0 Å². The molecule has 0 heterocycles. The van der Waals surface area contributed by atoms with Crippen LogP contribution in [-0.4, -0.2) is 18.8 Å². The van der Waals surface area contributed by atoms with Gasteiger partial charge in [-0.3, -0.25) is 0 Å². The minimum atomic E-state index is -0.678. The lowest BCUT2D eigenvalue weighted by molar-refractivity contribution is 0.106. The molecule has 4 nitrogen and oxygen atoms in total. The van der Waals surface area contributed by atoms with Gasteiger partial charge in [0.2, 0.25) is 0 Å². The Morgan fingerprint density at radius 2 is 1.85 bits per heavy atom. The largest absolute Gasteiger partial charge is 0.493 e. The Kier molecular flexibility index (Phi) is 4.98. The summed E-state index contributed by atoms with van der Waals surface area (Å²) in [6.45, 7) is 0.593. The maximum Gasteiger partial charge on any atom is 0.161 e. The molecule has 0 fully saturated rings. The zero-order valence-corrected chi connectivity index (χ0v) is 11.5. The van der Waals surface area contributed by atoms with E-state index in [2.05, 4.69) is 0 Å². The van der Waals surface area contributed by atoms with E-state index in [1.807, 2.05) is 48.5 Å². The molecule has 0 saturated heterocycles. The van der Waals surface area contributed by atoms with E-state index in [0.29, 0.717) is 18.0 Å². The minimum Gasteiger partial charge on any atom is -0.493 e. The zero-order valence-electron chi connectivity index (χ0n) is 11.5. The van der Waals surface area contributed by atoms with E-state index in [4.69, 9.17) is 15.2 Å². The second kappa shape index (κ2) is 6.93. The van der Waals surface area contributed by atoms with Crippen LogP contribution in [0.3, 0.4) is 0 Å². The van der Waals surface area contributed by atoms with Crippen LogP contribution in [0.25, 0.3) is 0 Å². The molecule has 0 saturated carbocycles. The lowest BCUT2D eigenvalue weighted by Crippen LogP contribution is -2.10. The van der Waals surface area contributed by atoms with E-state index in [0.717, 1.165) is 11.1 Å². The number of aliphatic hydroxyl groups is 1. The number of nitrogens with two attached hydrogens (primary N) is 1. The molecular weight excluding hydrogens is 254 g/mol. The SMILES string of the molecule is COc1ccc(CN)cc1OCC(O)c1ccccc1.